The van der Waals surface area contributed by atoms with Gasteiger partial charge >= 0.3 is 0 Å². The molecule has 0 spiro atoms. The maximum Gasteiger partial charge on any atom is 0.129 e. The highest BCUT2D eigenvalue weighted by Gasteiger charge is 2.27. The van der Waals surface area contributed by atoms with Crippen LogP contribution in [0, 0.1) is 5.82 Å². The molecule has 1 heterocycles. The molecule has 0 amide bonds. The molecule has 0 atom stereocenters. The minimum Gasteiger partial charge on any atom is -0.496 e. The minimum atomic E-state index is -0.343. The number of ether oxygens (including phenoxy) is 2. The lowest BCUT2D eigenvalue weighted by Crippen LogP contribution is -2.32. The molecular weight excluding hydrogens is 405 g/mol. The van der Waals surface area contributed by atoms with E-state index < -0.39 is 0 Å². The zero-order valence-corrected chi connectivity index (χ0v) is 18.8. The Morgan fingerprint density at radius 2 is 1.72 bits per heavy atom. The standard InChI is InChI=1S/C27H28FNO3/c1-17-14-27(2,3)29-24-12-11-21(22-10-7-19(28)13-25(22)31-4)23(26(17)24)16-32-20-8-5-18(15-30)6-9-20/h5-14,29-30H,15-16H2,1-4H3. The molecule has 3 aromatic carbocycles. The molecule has 0 bridgehead atoms. The molecular formula is C27H28FNO3. The van der Waals surface area contributed by atoms with Gasteiger partial charge in [-0.15, -0.1) is 0 Å². The van der Waals surface area contributed by atoms with Gasteiger partial charge in [0.2, 0.25) is 0 Å². The highest BCUT2D eigenvalue weighted by molar-refractivity contribution is 5.88. The van der Waals surface area contributed by atoms with Crippen molar-refractivity contribution >= 4 is 11.3 Å². The fourth-order valence-electron chi connectivity index (χ4n) is 4.34. The predicted octanol–water partition coefficient (Wildman–Crippen LogP) is 6.18. The van der Waals surface area contributed by atoms with E-state index in [1.165, 1.54) is 12.1 Å². The topological polar surface area (TPSA) is 50.7 Å². The van der Waals surface area contributed by atoms with Crippen LogP contribution in [0.4, 0.5) is 10.1 Å². The number of halogens is 1. The smallest absolute Gasteiger partial charge is 0.129 e. The van der Waals surface area contributed by atoms with Crippen LogP contribution in [0.15, 0.2) is 60.7 Å². The van der Waals surface area contributed by atoms with Gasteiger partial charge in [0, 0.05) is 28.4 Å². The number of benzene rings is 3. The van der Waals surface area contributed by atoms with Crippen molar-refractivity contribution in [3.05, 3.63) is 83.2 Å². The first kappa shape index (κ1) is 21.9. The number of anilines is 1. The predicted molar refractivity (Wildman–Crippen MR) is 126 cm³/mol. The molecule has 0 saturated carbocycles. The average Bonchev–Trinajstić information content (AvgIpc) is 2.77. The Bertz CT molecular complexity index is 1170. The van der Waals surface area contributed by atoms with Crippen LogP contribution >= 0.6 is 0 Å². The van der Waals surface area contributed by atoms with Gasteiger partial charge < -0.3 is 19.9 Å². The van der Waals surface area contributed by atoms with E-state index >= 15 is 0 Å². The zero-order chi connectivity index (χ0) is 22.9. The number of hydrogen-bond acceptors (Lipinski definition) is 4. The van der Waals surface area contributed by atoms with E-state index in [1.807, 2.05) is 30.3 Å². The Morgan fingerprint density at radius 3 is 2.41 bits per heavy atom. The first-order valence-corrected chi connectivity index (χ1v) is 10.6. The van der Waals surface area contributed by atoms with Gasteiger partial charge in [-0.1, -0.05) is 24.3 Å². The normalized spacial score (nSPS) is 14.2. The van der Waals surface area contributed by atoms with Crippen molar-refractivity contribution in [2.45, 2.75) is 39.5 Å². The maximum absolute atomic E-state index is 13.9. The molecule has 2 N–H and O–H groups in total. The van der Waals surface area contributed by atoms with E-state index in [9.17, 15) is 9.50 Å². The van der Waals surface area contributed by atoms with Gasteiger partial charge in [-0.25, -0.2) is 4.39 Å². The van der Waals surface area contributed by atoms with Crippen LogP contribution in [0.2, 0.25) is 0 Å². The van der Waals surface area contributed by atoms with E-state index in [4.69, 9.17) is 9.47 Å². The van der Waals surface area contributed by atoms with Gasteiger partial charge in [-0.05, 0) is 67.8 Å². The fourth-order valence-corrected chi connectivity index (χ4v) is 4.34. The van der Waals surface area contributed by atoms with Crippen LogP contribution in [0.25, 0.3) is 16.7 Å². The molecule has 4 rings (SSSR count). The summed E-state index contributed by atoms with van der Waals surface area (Å²) in [5.41, 5.74) is 6.68. The third-order valence-electron chi connectivity index (χ3n) is 5.68. The molecule has 0 aliphatic carbocycles. The molecule has 0 unspecified atom stereocenters. The first-order valence-electron chi connectivity index (χ1n) is 10.6. The molecule has 3 aromatic rings. The number of methoxy groups -OCH3 is 1. The molecule has 1 aliphatic heterocycles. The number of aliphatic hydroxyl groups excluding tert-OH is 1. The van der Waals surface area contributed by atoms with Crippen LogP contribution < -0.4 is 14.8 Å². The second kappa shape index (κ2) is 8.67. The van der Waals surface area contributed by atoms with Crippen LogP contribution in [-0.2, 0) is 13.2 Å². The van der Waals surface area contributed by atoms with Gasteiger partial charge in [0.05, 0.1) is 19.3 Å². The van der Waals surface area contributed by atoms with Crippen molar-refractivity contribution in [1.82, 2.24) is 0 Å². The van der Waals surface area contributed by atoms with Gasteiger partial charge in [0.25, 0.3) is 0 Å². The first-order chi connectivity index (χ1) is 15.3. The quantitative estimate of drug-likeness (QED) is 0.487. The molecule has 0 radical (unpaired) electrons. The largest absolute Gasteiger partial charge is 0.496 e. The molecule has 4 nitrogen and oxygen atoms in total. The van der Waals surface area contributed by atoms with Crippen molar-refractivity contribution in [2.75, 3.05) is 12.4 Å². The van der Waals surface area contributed by atoms with Gasteiger partial charge in [-0.3, -0.25) is 0 Å². The molecule has 0 aromatic heterocycles. The summed E-state index contributed by atoms with van der Waals surface area (Å²) in [7, 11) is 1.55. The third-order valence-corrected chi connectivity index (χ3v) is 5.68. The second-order valence-corrected chi connectivity index (χ2v) is 8.62. The average molecular weight is 434 g/mol. The summed E-state index contributed by atoms with van der Waals surface area (Å²) in [6.07, 6.45) is 2.21. The lowest BCUT2D eigenvalue weighted by molar-refractivity contribution is 0.280. The summed E-state index contributed by atoms with van der Waals surface area (Å²) < 4.78 is 25.5. The van der Waals surface area contributed by atoms with Crippen LogP contribution in [-0.4, -0.2) is 17.8 Å². The monoisotopic (exact) mass is 433 g/mol. The lowest BCUT2D eigenvalue weighted by atomic mass is 9.85. The van der Waals surface area contributed by atoms with E-state index in [0.717, 1.165) is 39.1 Å². The summed E-state index contributed by atoms with van der Waals surface area (Å²) in [6, 6.07) is 16.1. The molecule has 166 valence electrons. The van der Waals surface area contributed by atoms with Crippen LogP contribution in [0.5, 0.6) is 11.5 Å². The summed E-state index contributed by atoms with van der Waals surface area (Å²) in [5, 5.41) is 12.9. The molecule has 1 aliphatic rings. The van der Waals surface area contributed by atoms with E-state index in [1.54, 1.807) is 13.2 Å². The Labute approximate surface area is 188 Å². The number of nitrogens with one attached hydrogen (secondary N) is 1. The molecule has 5 heteroatoms. The van der Waals surface area contributed by atoms with E-state index in [-0.39, 0.29) is 18.0 Å². The Morgan fingerprint density at radius 1 is 1.00 bits per heavy atom. The number of fused-ring (bicyclic) bond motifs is 1. The summed E-state index contributed by atoms with van der Waals surface area (Å²) >= 11 is 0. The summed E-state index contributed by atoms with van der Waals surface area (Å²) in [4.78, 5) is 0. The molecule has 32 heavy (non-hydrogen) atoms. The number of aliphatic hydroxyl groups is 1. The Hall–Kier alpha value is -3.31. The van der Waals surface area contributed by atoms with Crippen LogP contribution in [0.3, 0.4) is 0 Å². The molecule has 0 fully saturated rings. The lowest BCUT2D eigenvalue weighted by Gasteiger charge is -2.33. The SMILES string of the molecule is COc1cc(F)ccc1-c1ccc2c(c1COc1ccc(CO)cc1)C(C)=CC(C)(C)N2. The highest BCUT2D eigenvalue weighted by Crippen LogP contribution is 2.42. The fraction of sp³-hybridized carbons (Fsp3) is 0.259. The zero-order valence-electron chi connectivity index (χ0n) is 18.8. The van der Waals surface area contributed by atoms with Crippen molar-refractivity contribution in [2.24, 2.45) is 0 Å². The van der Waals surface area contributed by atoms with E-state index in [0.29, 0.717) is 18.1 Å². The van der Waals surface area contributed by atoms with Crippen molar-refractivity contribution < 1.29 is 19.0 Å². The van der Waals surface area contributed by atoms with Gasteiger partial charge in [0.15, 0.2) is 0 Å². The van der Waals surface area contributed by atoms with Crippen molar-refractivity contribution in [3.63, 3.8) is 0 Å². The van der Waals surface area contributed by atoms with Gasteiger partial charge in [-0.2, -0.15) is 0 Å². The second-order valence-electron chi connectivity index (χ2n) is 8.62. The van der Waals surface area contributed by atoms with E-state index in [2.05, 4.69) is 38.2 Å². The number of allylic oxidation sites excluding steroid dienone is 1. The maximum atomic E-state index is 13.9. The Kier molecular flexibility index (Phi) is 5.94. The third kappa shape index (κ3) is 4.34. The minimum absolute atomic E-state index is 0.00751. The number of rotatable bonds is 6. The summed E-state index contributed by atoms with van der Waals surface area (Å²) in [6.45, 7) is 6.69. The van der Waals surface area contributed by atoms with Gasteiger partial charge in [0.1, 0.15) is 23.9 Å². The Balaban J connectivity index is 1.82. The van der Waals surface area contributed by atoms with Crippen molar-refractivity contribution in [3.8, 4) is 22.6 Å². The van der Waals surface area contributed by atoms with Crippen LogP contribution in [0.1, 0.15) is 37.5 Å². The number of hydrogen-bond donors (Lipinski definition) is 2. The highest BCUT2D eigenvalue weighted by atomic mass is 19.1. The van der Waals surface area contributed by atoms with Crippen molar-refractivity contribution in [1.29, 1.82) is 0 Å². The molecule has 0 saturated heterocycles. The summed E-state index contributed by atoms with van der Waals surface area (Å²) in [5.74, 6) is 0.844.